The second-order valence-corrected chi connectivity index (χ2v) is 7.40. The van der Waals surface area contributed by atoms with Gasteiger partial charge in [-0.3, -0.25) is 9.59 Å². The quantitative estimate of drug-likeness (QED) is 0.698. The van der Waals surface area contributed by atoms with Crippen molar-refractivity contribution in [3.05, 3.63) is 42.0 Å². The molecule has 1 aliphatic heterocycles. The molecule has 6 nitrogen and oxygen atoms in total. The number of benzene rings is 1. The number of carbonyl (C=O) groups is 2. The summed E-state index contributed by atoms with van der Waals surface area (Å²) in [5.74, 6) is -0.203. The van der Waals surface area contributed by atoms with Gasteiger partial charge in [0, 0.05) is 38.4 Å². The van der Waals surface area contributed by atoms with E-state index in [0.717, 1.165) is 32.4 Å². The number of hydrogen-bond donors (Lipinski definition) is 1. The Morgan fingerprint density at radius 3 is 2.50 bits per heavy atom. The minimum Gasteiger partial charge on any atom is -0.368 e. The summed E-state index contributed by atoms with van der Waals surface area (Å²) < 4.78 is 5.33. The van der Waals surface area contributed by atoms with Crippen LogP contribution in [-0.2, 0) is 14.3 Å². The summed E-state index contributed by atoms with van der Waals surface area (Å²) in [6.07, 6.45) is 8.05. The first kappa shape index (κ1) is 20.4. The van der Waals surface area contributed by atoms with Crippen LogP contribution in [-0.4, -0.2) is 62.7 Å². The van der Waals surface area contributed by atoms with Crippen molar-refractivity contribution in [1.29, 1.82) is 0 Å². The first-order valence-corrected chi connectivity index (χ1v) is 10.3. The topological polar surface area (TPSA) is 61.9 Å². The monoisotopic (exact) mass is 385 g/mol. The summed E-state index contributed by atoms with van der Waals surface area (Å²) in [6, 6.07) is 10.2. The molecule has 0 bridgehead atoms. The van der Waals surface area contributed by atoms with Crippen LogP contribution >= 0.6 is 0 Å². The van der Waals surface area contributed by atoms with Crippen LogP contribution in [0, 0.1) is 0 Å². The predicted molar refractivity (Wildman–Crippen MR) is 110 cm³/mol. The van der Waals surface area contributed by atoms with Gasteiger partial charge < -0.3 is 19.9 Å². The van der Waals surface area contributed by atoms with Crippen LogP contribution < -0.4 is 10.2 Å². The molecule has 152 valence electrons. The Hall–Kier alpha value is -2.34. The molecular weight excluding hydrogens is 354 g/mol. The molecule has 28 heavy (non-hydrogen) atoms. The number of hydrogen-bond acceptors (Lipinski definition) is 4. The van der Waals surface area contributed by atoms with E-state index in [1.807, 2.05) is 23.1 Å². The van der Waals surface area contributed by atoms with E-state index in [1.54, 1.807) is 0 Å². The highest BCUT2D eigenvalue weighted by Gasteiger charge is 2.21. The second kappa shape index (κ2) is 10.9. The third-order valence-corrected chi connectivity index (χ3v) is 5.37. The Morgan fingerprint density at radius 1 is 1.00 bits per heavy atom. The normalized spacial score (nSPS) is 17.2. The molecule has 1 aliphatic carbocycles. The highest BCUT2D eigenvalue weighted by atomic mass is 16.5. The maximum Gasteiger partial charge on any atom is 0.248 e. The van der Waals surface area contributed by atoms with Gasteiger partial charge in [-0.15, -0.1) is 0 Å². The Bertz CT molecular complexity index is 667. The van der Waals surface area contributed by atoms with Crippen molar-refractivity contribution in [3.63, 3.8) is 0 Å². The van der Waals surface area contributed by atoms with Crippen molar-refractivity contribution in [1.82, 2.24) is 10.2 Å². The number of rotatable bonds is 8. The van der Waals surface area contributed by atoms with Crippen LogP contribution in [0.2, 0.25) is 0 Å². The minimum atomic E-state index is -0.155. The van der Waals surface area contributed by atoms with E-state index in [-0.39, 0.29) is 25.0 Å². The van der Waals surface area contributed by atoms with Crippen molar-refractivity contribution in [3.8, 4) is 0 Å². The molecule has 0 unspecified atom stereocenters. The first-order valence-electron chi connectivity index (χ1n) is 10.3. The van der Waals surface area contributed by atoms with Crippen molar-refractivity contribution in [2.45, 2.75) is 32.1 Å². The zero-order chi connectivity index (χ0) is 19.6. The molecule has 0 atom stereocenters. The Kier molecular flexibility index (Phi) is 7.91. The number of carbonyl (C=O) groups excluding carboxylic acids is 2. The van der Waals surface area contributed by atoms with E-state index < -0.39 is 0 Å². The van der Waals surface area contributed by atoms with Gasteiger partial charge in [0.1, 0.15) is 13.2 Å². The van der Waals surface area contributed by atoms with Gasteiger partial charge in [0.25, 0.3) is 0 Å². The smallest absolute Gasteiger partial charge is 0.248 e. The third kappa shape index (κ3) is 6.37. The summed E-state index contributed by atoms with van der Waals surface area (Å²) in [4.78, 5) is 28.2. The average Bonchev–Trinajstić information content (AvgIpc) is 2.75. The van der Waals surface area contributed by atoms with Gasteiger partial charge in [0.05, 0.1) is 0 Å². The predicted octanol–water partition coefficient (Wildman–Crippen LogP) is 2.36. The number of allylic oxidation sites excluding steroid dienone is 1. The van der Waals surface area contributed by atoms with Crippen LogP contribution in [0.3, 0.4) is 0 Å². The highest BCUT2D eigenvalue weighted by Crippen LogP contribution is 2.19. The average molecular weight is 386 g/mol. The maximum atomic E-state index is 12.3. The number of nitrogens with one attached hydrogen (secondary N) is 1. The van der Waals surface area contributed by atoms with E-state index in [2.05, 4.69) is 28.4 Å². The zero-order valence-electron chi connectivity index (χ0n) is 16.6. The summed E-state index contributed by atoms with van der Waals surface area (Å²) in [5, 5.41) is 2.87. The number of piperazine rings is 1. The van der Waals surface area contributed by atoms with E-state index in [1.165, 1.54) is 24.1 Å². The Balaban J connectivity index is 1.27. The molecule has 2 aliphatic rings. The van der Waals surface area contributed by atoms with E-state index in [9.17, 15) is 9.59 Å². The van der Waals surface area contributed by atoms with Crippen molar-refractivity contribution in [2.75, 3.05) is 50.8 Å². The number of ether oxygens (including phenoxy) is 1. The SMILES string of the molecule is O=C(COCC(=O)N1CCN(c2ccccc2)CC1)NCCC1=CCCCC1. The molecule has 1 saturated heterocycles. The van der Waals surface area contributed by atoms with Crippen molar-refractivity contribution in [2.24, 2.45) is 0 Å². The molecule has 0 spiro atoms. The van der Waals surface area contributed by atoms with E-state index in [4.69, 9.17) is 4.74 Å². The molecular formula is C22H31N3O3. The van der Waals surface area contributed by atoms with E-state index in [0.29, 0.717) is 19.6 Å². The van der Waals surface area contributed by atoms with Gasteiger partial charge in [-0.2, -0.15) is 0 Å². The minimum absolute atomic E-state index is 0.0378. The van der Waals surface area contributed by atoms with Crippen LogP contribution in [0.25, 0.3) is 0 Å². The van der Waals surface area contributed by atoms with Gasteiger partial charge in [-0.1, -0.05) is 29.8 Å². The number of nitrogens with zero attached hydrogens (tertiary/aromatic N) is 2. The summed E-state index contributed by atoms with van der Waals surface area (Å²) in [6.45, 7) is 3.52. The van der Waals surface area contributed by atoms with Crippen LogP contribution in [0.1, 0.15) is 32.1 Å². The fraction of sp³-hybridized carbons (Fsp3) is 0.545. The number of para-hydroxylation sites is 1. The first-order chi connectivity index (χ1) is 13.7. The summed E-state index contributed by atoms with van der Waals surface area (Å²) in [5.41, 5.74) is 2.63. The lowest BCUT2D eigenvalue weighted by Crippen LogP contribution is -2.50. The Morgan fingerprint density at radius 2 is 1.79 bits per heavy atom. The molecule has 0 radical (unpaired) electrons. The lowest BCUT2D eigenvalue weighted by Gasteiger charge is -2.36. The van der Waals surface area contributed by atoms with Crippen molar-refractivity contribution >= 4 is 17.5 Å². The molecule has 1 aromatic carbocycles. The Labute approximate surface area is 167 Å². The van der Waals surface area contributed by atoms with Crippen LogP contribution in [0.5, 0.6) is 0 Å². The lowest BCUT2D eigenvalue weighted by molar-refractivity contribution is -0.138. The third-order valence-electron chi connectivity index (χ3n) is 5.37. The van der Waals surface area contributed by atoms with Gasteiger partial charge in [-0.05, 0) is 44.2 Å². The van der Waals surface area contributed by atoms with Gasteiger partial charge >= 0.3 is 0 Å². The molecule has 6 heteroatoms. The fourth-order valence-electron chi connectivity index (χ4n) is 3.72. The van der Waals surface area contributed by atoms with Crippen LogP contribution in [0.4, 0.5) is 5.69 Å². The number of anilines is 1. The molecule has 1 aromatic rings. The summed E-state index contributed by atoms with van der Waals surface area (Å²) >= 11 is 0. The maximum absolute atomic E-state index is 12.3. The van der Waals surface area contributed by atoms with Crippen molar-refractivity contribution < 1.29 is 14.3 Å². The highest BCUT2D eigenvalue weighted by molar-refractivity contribution is 5.79. The van der Waals surface area contributed by atoms with Gasteiger partial charge in [0.15, 0.2) is 0 Å². The fourth-order valence-corrected chi connectivity index (χ4v) is 3.72. The van der Waals surface area contributed by atoms with E-state index >= 15 is 0 Å². The van der Waals surface area contributed by atoms with Gasteiger partial charge in [0.2, 0.25) is 11.8 Å². The molecule has 0 aromatic heterocycles. The number of amides is 2. The molecule has 1 heterocycles. The van der Waals surface area contributed by atoms with Crippen LogP contribution in [0.15, 0.2) is 42.0 Å². The zero-order valence-corrected chi connectivity index (χ0v) is 16.6. The summed E-state index contributed by atoms with van der Waals surface area (Å²) in [7, 11) is 0. The molecule has 1 N–H and O–H groups in total. The molecule has 1 fully saturated rings. The second-order valence-electron chi connectivity index (χ2n) is 7.40. The molecule has 2 amide bonds. The standard InChI is InChI=1S/C22H31N3O3/c26-21(23-12-11-19-7-3-1-4-8-19)17-28-18-22(27)25-15-13-24(14-16-25)20-9-5-2-6-10-20/h2,5-7,9-10H,1,3-4,8,11-18H2,(H,23,26). The van der Waals surface area contributed by atoms with Gasteiger partial charge in [-0.25, -0.2) is 0 Å². The molecule has 3 rings (SSSR count). The molecule has 0 saturated carbocycles. The largest absolute Gasteiger partial charge is 0.368 e. The lowest BCUT2D eigenvalue weighted by atomic mass is 9.97.